The van der Waals surface area contributed by atoms with Gasteiger partial charge in [0.1, 0.15) is 11.6 Å². The molecule has 1 heterocycles. The fourth-order valence-corrected chi connectivity index (χ4v) is 2.13. The molecule has 0 aromatic carbocycles. The molecule has 0 atom stereocenters. The highest BCUT2D eigenvalue weighted by Crippen LogP contribution is 2.16. The van der Waals surface area contributed by atoms with Crippen LogP contribution in [-0.2, 0) is 14.6 Å². The van der Waals surface area contributed by atoms with E-state index in [9.17, 15) is 13.2 Å². The Hall–Kier alpha value is -0.950. The minimum atomic E-state index is -3.38. The third kappa shape index (κ3) is 4.06. The Balaban J connectivity index is 2.74. The number of hydrogen-bond donors (Lipinski definition) is 1. The molecule has 100 valence electrons. The molecule has 1 N–H and O–H groups in total. The first kappa shape index (κ1) is 15.1. The molecule has 1 aromatic rings. The fraction of sp³-hybridized carbons (Fsp3) is 0.455. The highest BCUT2D eigenvalue weighted by atomic mass is 79.9. The van der Waals surface area contributed by atoms with Crippen molar-refractivity contribution >= 4 is 37.5 Å². The summed E-state index contributed by atoms with van der Waals surface area (Å²) in [6.45, 7) is 4.87. The summed E-state index contributed by atoms with van der Waals surface area (Å²) < 4.78 is 24.0. The van der Waals surface area contributed by atoms with Crippen molar-refractivity contribution in [1.82, 2.24) is 4.98 Å². The zero-order valence-electron chi connectivity index (χ0n) is 10.4. The number of rotatable bonds is 4. The second-order valence-electron chi connectivity index (χ2n) is 4.17. The van der Waals surface area contributed by atoms with E-state index in [2.05, 4.69) is 26.2 Å². The van der Waals surface area contributed by atoms with Crippen LogP contribution >= 0.6 is 15.9 Å². The molecule has 0 aliphatic carbocycles. The first-order valence-corrected chi connectivity index (χ1v) is 7.88. The molecule has 5 nitrogen and oxygen atoms in total. The van der Waals surface area contributed by atoms with Crippen molar-refractivity contribution in [3.8, 4) is 0 Å². The van der Waals surface area contributed by atoms with Crippen molar-refractivity contribution in [3.05, 3.63) is 22.3 Å². The summed E-state index contributed by atoms with van der Waals surface area (Å²) in [5.74, 6) is -0.751. The molecular formula is C11H15BrN2O3S. The lowest BCUT2D eigenvalue weighted by molar-refractivity contribution is -0.113. The van der Waals surface area contributed by atoms with Crippen molar-refractivity contribution < 1.29 is 13.2 Å². The van der Waals surface area contributed by atoms with E-state index < -0.39 is 26.7 Å². The summed E-state index contributed by atoms with van der Waals surface area (Å²) in [6.07, 6.45) is 0. The number of amides is 1. The Labute approximate surface area is 115 Å². The van der Waals surface area contributed by atoms with Gasteiger partial charge in [-0.15, -0.1) is 0 Å². The number of halogens is 1. The standard InChI is InChI=1S/C11H15BrN2O3S/c1-7(2)18(16,17)6-11(15)14-10-5-4-9(12)8(3)13-10/h4-5,7H,6H2,1-3H3,(H,13,14,15). The number of nitrogens with one attached hydrogen (secondary N) is 1. The van der Waals surface area contributed by atoms with E-state index in [1.165, 1.54) is 0 Å². The lowest BCUT2D eigenvalue weighted by Gasteiger charge is -2.08. The highest BCUT2D eigenvalue weighted by Gasteiger charge is 2.20. The van der Waals surface area contributed by atoms with Gasteiger partial charge in [0, 0.05) is 4.47 Å². The van der Waals surface area contributed by atoms with Gasteiger partial charge in [-0.1, -0.05) is 0 Å². The highest BCUT2D eigenvalue weighted by molar-refractivity contribution is 9.10. The molecule has 0 saturated heterocycles. The summed E-state index contributed by atoms with van der Waals surface area (Å²) in [7, 11) is -3.38. The van der Waals surface area contributed by atoms with E-state index in [4.69, 9.17) is 0 Å². The third-order valence-corrected chi connectivity index (χ3v) is 5.28. The molecule has 1 rings (SSSR count). The molecule has 7 heteroatoms. The summed E-state index contributed by atoms with van der Waals surface area (Å²) >= 11 is 3.29. The van der Waals surface area contributed by atoms with Crippen LogP contribution in [0.5, 0.6) is 0 Å². The van der Waals surface area contributed by atoms with E-state index in [0.717, 1.165) is 10.2 Å². The molecule has 0 saturated carbocycles. The average Bonchev–Trinajstić information content (AvgIpc) is 2.22. The van der Waals surface area contributed by atoms with Crippen LogP contribution in [0, 0.1) is 6.92 Å². The molecular weight excluding hydrogens is 320 g/mol. The second kappa shape index (κ2) is 5.79. The molecule has 0 aliphatic rings. The summed E-state index contributed by atoms with van der Waals surface area (Å²) in [4.78, 5) is 15.7. The molecule has 0 spiro atoms. The number of pyridine rings is 1. The summed E-state index contributed by atoms with van der Waals surface area (Å²) in [5, 5.41) is 1.90. The van der Waals surface area contributed by atoms with Crippen molar-refractivity contribution in [1.29, 1.82) is 0 Å². The predicted molar refractivity (Wildman–Crippen MR) is 74.2 cm³/mol. The number of carbonyl (C=O) groups excluding carboxylic acids is 1. The third-order valence-electron chi connectivity index (χ3n) is 2.34. The van der Waals surface area contributed by atoms with Crippen molar-refractivity contribution in [2.24, 2.45) is 0 Å². The molecule has 1 aromatic heterocycles. The quantitative estimate of drug-likeness (QED) is 0.912. The first-order chi connectivity index (χ1) is 8.22. The van der Waals surface area contributed by atoms with Crippen LogP contribution in [0.4, 0.5) is 5.82 Å². The predicted octanol–water partition coefficient (Wildman–Crippen LogP) is 1.91. The number of aromatic nitrogens is 1. The maximum atomic E-state index is 11.6. The molecule has 0 radical (unpaired) electrons. The van der Waals surface area contributed by atoms with Crippen LogP contribution in [0.25, 0.3) is 0 Å². The Kier molecular flexibility index (Phi) is 4.86. The van der Waals surface area contributed by atoms with Gasteiger partial charge >= 0.3 is 0 Å². The van der Waals surface area contributed by atoms with E-state index in [0.29, 0.717) is 5.82 Å². The minimum Gasteiger partial charge on any atom is -0.310 e. The first-order valence-electron chi connectivity index (χ1n) is 5.37. The summed E-state index contributed by atoms with van der Waals surface area (Å²) in [6, 6.07) is 3.35. The molecule has 1 amide bonds. The van der Waals surface area contributed by atoms with E-state index in [-0.39, 0.29) is 0 Å². The van der Waals surface area contributed by atoms with Gasteiger partial charge in [0.05, 0.1) is 10.9 Å². The topological polar surface area (TPSA) is 76.1 Å². The van der Waals surface area contributed by atoms with Gasteiger partial charge in [0.15, 0.2) is 9.84 Å². The van der Waals surface area contributed by atoms with E-state index in [1.807, 2.05) is 0 Å². The van der Waals surface area contributed by atoms with Gasteiger partial charge in [-0.25, -0.2) is 13.4 Å². The van der Waals surface area contributed by atoms with Gasteiger partial charge in [0.2, 0.25) is 5.91 Å². The number of nitrogens with zero attached hydrogens (tertiary/aromatic N) is 1. The zero-order valence-corrected chi connectivity index (χ0v) is 12.8. The molecule has 0 bridgehead atoms. The van der Waals surface area contributed by atoms with Crippen LogP contribution in [0.3, 0.4) is 0 Å². The lowest BCUT2D eigenvalue weighted by Crippen LogP contribution is -2.28. The average molecular weight is 335 g/mol. The van der Waals surface area contributed by atoms with Crippen LogP contribution in [-0.4, -0.2) is 30.3 Å². The summed E-state index contributed by atoms with van der Waals surface area (Å²) in [5.41, 5.74) is 0.722. The number of carbonyl (C=O) groups is 1. The molecule has 0 unspecified atom stereocenters. The molecule has 0 fully saturated rings. The van der Waals surface area contributed by atoms with Gasteiger partial charge in [-0.2, -0.15) is 0 Å². The molecule has 0 aliphatic heterocycles. The number of hydrogen-bond acceptors (Lipinski definition) is 4. The Morgan fingerprint density at radius 1 is 1.44 bits per heavy atom. The smallest absolute Gasteiger partial charge is 0.240 e. The number of anilines is 1. The lowest BCUT2D eigenvalue weighted by atomic mass is 10.4. The SMILES string of the molecule is Cc1nc(NC(=O)CS(=O)(=O)C(C)C)ccc1Br. The second-order valence-corrected chi connectivity index (χ2v) is 7.58. The zero-order chi connectivity index (χ0) is 13.9. The fourth-order valence-electron chi connectivity index (χ4n) is 1.14. The van der Waals surface area contributed by atoms with Crippen LogP contribution in [0.1, 0.15) is 19.5 Å². The Morgan fingerprint density at radius 3 is 2.56 bits per heavy atom. The van der Waals surface area contributed by atoms with Crippen molar-refractivity contribution in [2.75, 3.05) is 11.1 Å². The van der Waals surface area contributed by atoms with Gasteiger partial charge < -0.3 is 5.32 Å². The normalized spacial score (nSPS) is 11.6. The Bertz CT molecular complexity index is 555. The van der Waals surface area contributed by atoms with E-state index >= 15 is 0 Å². The monoisotopic (exact) mass is 334 g/mol. The van der Waals surface area contributed by atoms with Crippen LogP contribution in [0.15, 0.2) is 16.6 Å². The van der Waals surface area contributed by atoms with Gasteiger partial charge in [-0.05, 0) is 48.8 Å². The largest absolute Gasteiger partial charge is 0.310 e. The van der Waals surface area contributed by atoms with Crippen molar-refractivity contribution in [3.63, 3.8) is 0 Å². The maximum absolute atomic E-state index is 11.6. The minimum absolute atomic E-state index is 0.347. The maximum Gasteiger partial charge on any atom is 0.240 e. The van der Waals surface area contributed by atoms with Gasteiger partial charge in [-0.3, -0.25) is 4.79 Å². The number of aryl methyl sites for hydroxylation is 1. The van der Waals surface area contributed by atoms with E-state index in [1.54, 1.807) is 32.9 Å². The van der Waals surface area contributed by atoms with Crippen LogP contribution in [0.2, 0.25) is 0 Å². The van der Waals surface area contributed by atoms with Crippen molar-refractivity contribution in [2.45, 2.75) is 26.0 Å². The van der Waals surface area contributed by atoms with Crippen LogP contribution < -0.4 is 5.32 Å². The molecule has 18 heavy (non-hydrogen) atoms. The Morgan fingerprint density at radius 2 is 2.06 bits per heavy atom. The number of sulfone groups is 1. The van der Waals surface area contributed by atoms with Gasteiger partial charge in [0.25, 0.3) is 0 Å².